The molecular formula is C14H18N4O2S. The number of hydrogen-bond donors (Lipinski definition) is 2. The maximum atomic E-state index is 12.0. The fourth-order valence-electron chi connectivity index (χ4n) is 1.71. The Bertz CT molecular complexity index is 573. The van der Waals surface area contributed by atoms with E-state index in [9.17, 15) is 4.79 Å². The summed E-state index contributed by atoms with van der Waals surface area (Å²) in [4.78, 5) is 20.1. The Morgan fingerprint density at radius 2 is 2.43 bits per heavy atom. The summed E-state index contributed by atoms with van der Waals surface area (Å²) in [5.41, 5.74) is 7.12. The van der Waals surface area contributed by atoms with Gasteiger partial charge in [0, 0.05) is 18.9 Å². The highest BCUT2D eigenvalue weighted by molar-refractivity contribution is 7.98. The van der Waals surface area contributed by atoms with Gasteiger partial charge in [0.25, 0.3) is 5.91 Å². The van der Waals surface area contributed by atoms with Crippen LogP contribution in [0.1, 0.15) is 34.4 Å². The van der Waals surface area contributed by atoms with Gasteiger partial charge in [-0.05, 0) is 30.1 Å². The minimum absolute atomic E-state index is 0.244. The third kappa shape index (κ3) is 4.57. The Kier molecular flexibility index (Phi) is 5.77. The van der Waals surface area contributed by atoms with Gasteiger partial charge in [-0.2, -0.15) is 11.8 Å². The topological polar surface area (TPSA) is 94.0 Å². The maximum Gasteiger partial charge on any atom is 0.273 e. The first kappa shape index (κ1) is 15.5. The molecule has 0 aromatic carbocycles. The molecule has 0 aliphatic rings. The molecule has 6 nitrogen and oxygen atoms in total. The summed E-state index contributed by atoms with van der Waals surface area (Å²) in [6.45, 7) is 0.396. The van der Waals surface area contributed by atoms with Gasteiger partial charge in [0.15, 0.2) is 5.69 Å². The SMILES string of the molecule is CSCCC(N)c1nc(C(=O)NCc2cccnc2)co1. The van der Waals surface area contributed by atoms with E-state index in [4.69, 9.17) is 10.2 Å². The predicted octanol–water partition coefficient (Wildman–Crippen LogP) is 1.75. The lowest BCUT2D eigenvalue weighted by Gasteiger charge is -2.05. The van der Waals surface area contributed by atoms with Crippen molar-refractivity contribution >= 4 is 17.7 Å². The third-order valence-electron chi connectivity index (χ3n) is 2.88. The Morgan fingerprint density at radius 1 is 1.57 bits per heavy atom. The molecule has 0 bridgehead atoms. The van der Waals surface area contributed by atoms with Gasteiger partial charge in [0.05, 0.1) is 6.04 Å². The van der Waals surface area contributed by atoms with Gasteiger partial charge in [0.1, 0.15) is 6.26 Å². The van der Waals surface area contributed by atoms with Crippen LogP contribution in [0, 0.1) is 0 Å². The number of oxazole rings is 1. The summed E-state index contributed by atoms with van der Waals surface area (Å²) in [6, 6.07) is 3.43. The van der Waals surface area contributed by atoms with Crippen molar-refractivity contribution in [1.82, 2.24) is 15.3 Å². The van der Waals surface area contributed by atoms with Gasteiger partial charge >= 0.3 is 0 Å². The minimum atomic E-state index is -0.286. The number of nitrogens with two attached hydrogens (primary N) is 1. The molecule has 0 fully saturated rings. The fraction of sp³-hybridized carbons (Fsp3) is 0.357. The van der Waals surface area contributed by atoms with Crippen LogP contribution in [0.2, 0.25) is 0 Å². The van der Waals surface area contributed by atoms with Crippen LogP contribution in [-0.4, -0.2) is 27.9 Å². The Labute approximate surface area is 127 Å². The molecule has 0 saturated heterocycles. The number of nitrogens with zero attached hydrogens (tertiary/aromatic N) is 2. The van der Waals surface area contributed by atoms with E-state index in [0.717, 1.165) is 17.7 Å². The number of hydrogen-bond acceptors (Lipinski definition) is 6. The molecule has 1 atom stereocenters. The number of carbonyl (C=O) groups is 1. The monoisotopic (exact) mass is 306 g/mol. The first-order valence-corrected chi connectivity index (χ1v) is 7.97. The lowest BCUT2D eigenvalue weighted by molar-refractivity contribution is 0.0946. The Hall–Kier alpha value is -1.86. The van der Waals surface area contributed by atoms with E-state index in [0.29, 0.717) is 12.4 Å². The van der Waals surface area contributed by atoms with E-state index in [-0.39, 0.29) is 17.6 Å². The third-order valence-corrected chi connectivity index (χ3v) is 3.52. The molecule has 2 rings (SSSR count). The lowest BCUT2D eigenvalue weighted by atomic mass is 10.2. The van der Waals surface area contributed by atoms with Crippen LogP contribution >= 0.6 is 11.8 Å². The van der Waals surface area contributed by atoms with Crippen molar-refractivity contribution in [2.45, 2.75) is 19.0 Å². The highest BCUT2D eigenvalue weighted by Crippen LogP contribution is 2.15. The highest BCUT2D eigenvalue weighted by atomic mass is 32.2. The summed E-state index contributed by atoms with van der Waals surface area (Å²) in [7, 11) is 0. The van der Waals surface area contributed by atoms with E-state index in [1.54, 1.807) is 24.2 Å². The summed E-state index contributed by atoms with van der Waals surface area (Å²) in [5, 5.41) is 2.76. The number of amides is 1. The highest BCUT2D eigenvalue weighted by Gasteiger charge is 2.16. The zero-order valence-corrected chi connectivity index (χ0v) is 12.6. The minimum Gasteiger partial charge on any atom is -0.446 e. The van der Waals surface area contributed by atoms with Crippen molar-refractivity contribution < 1.29 is 9.21 Å². The van der Waals surface area contributed by atoms with Crippen LogP contribution in [0.4, 0.5) is 0 Å². The molecule has 3 N–H and O–H groups in total. The first-order valence-electron chi connectivity index (χ1n) is 6.57. The zero-order chi connectivity index (χ0) is 15.1. The van der Waals surface area contributed by atoms with E-state index < -0.39 is 0 Å². The van der Waals surface area contributed by atoms with Crippen LogP contribution in [0.15, 0.2) is 35.2 Å². The number of carbonyl (C=O) groups excluding carboxylic acids is 1. The second-order valence-corrected chi connectivity index (χ2v) is 5.49. The van der Waals surface area contributed by atoms with Gasteiger partial charge in [-0.15, -0.1) is 0 Å². The molecular weight excluding hydrogens is 288 g/mol. The van der Waals surface area contributed by atoms with Crippen LogP contribution in [-0.2, 0) is 6.54 Å². The number of nitrogens with one attached hydrogen (secondary N) is 1. The van der Waals surface area contributed by atoms with Crippen molar-refractivity contribution in [2.24, 2.45) is 5.73 Å². The molecule has 0 aliphatic heterocycles. The van der Waals surface area contributed by atoms with E-state index >= 15 is 0 Å². The van der Waals surface area contributed by atoms with Crippen molar-refractivity contribution in [2.75, 3.05) is 12.0 Å². The maximum absolute atomic E-state index is 12.0. The van der Waals surface area contributed by atoms with Gasteiger partial charge < -0.3 is 15.5 Å². The average molecular weight is 306 g/mol. The second kappa shape index (κ2) is 7.80. The Balaban J connectivity index is 1.90. The van der Waals surface area contributed by atoms with Crippen LogP contribution in [0.5, 0.6) is 0 Å². The number of aromatic nitrogens is 2. The quantitative estimate of drug-likeness (QED) is 0.809. The lowest BCUT2D eigenvalue weighted by Crippen LogP contribution is -2.23. The molecule has 112 valence electrons. The predicted molar refractivity (Wildman–Crippen MR) is 81.8 cm³/mol. The fourth-order valence-corrected chi connectivity index (χ4v) is 2.20. The van der Waals surface area contributed by atoms with Crippen molar-refractivity contribution in [3.8, 4) is 0 Å². The van der Waals surface area contributed by atoms with Gasteiger partial charge in [-0.3, -0.25) is 9.78 Å². The van der Waals surface area contributed by atoms with Crippen LogP contribution in [0.25, 0.3) is 0 Å². The molecule has 2 aromatic heterocycles. The second-order valence-electron chi connectivity index (χ2n) is 4.50. The molecule has 21 heavy (non-hydrogen) atoms. The molecule has 2 heterocycles. The van der Waals surface area contributed by atoms with E-state index in [1.165, 1.54) is 6.26 Å². The summed E-state index contributed by atoms with van der Waals surface area (Å²) < 4.78 is 5.28. The van der Waals surface area contributed by atoms with Crippen LogP contribution in [0.3, 0.4) is 0 Å². The number of thioether (sulfide) groups is 1. The molecule has 1 unspecified atom stereocenters. The van der Waals surface area contributed by atoms with Crippen molar-refractivity contribution in [1.29, 1.82) is 0 Å². The summed E-state index contributed by atoms with van der Waals surface area (Å²) >= 11 is 1.71. The number of rotatable bonds is 7. The first-order chi connectivity index (χ1) is 10.2. The van der Waals surface area contributed by atoms with E-state index in [1.807, 2.05) is 18.4 Å². The van der Waals surface area contributed by atoms with Crippen molar-refractivity contribution in [3.63, 3.8) is 0 Å². The molecule has 0 radical (unpaired) electrons. The zero-order valence-electron chi connectivity index (χ0n) is 11.8. The van der Waals surface area contributed by atoms with Gasteiger partial charge in [-0.1, -0.05) is 6.07 Å². The molecule has 2 aromatic rings. The number of pyridine rings is 1. The average Bonchev–Trinajstić information content (AvgIpc) is 3.01. The summed E-state index contributed by atoms with van der Waals surface area (Å²) in [5.74, 6) is 1.04. The smallest absolute Gasteiger partial charge is 0.273 e. The largest absolute Gasteiger partial charge is 0.446 e. The van der Waals surface area contributed by atoms with Gasteiger partial charge in [0.2, 0.25) is 5.89 Å². The normalized spacial score (nSPS) is 12.1. The molecule has 1 amide bonds. The standard InChI is InChI=1S/C14H18N4O2S/c1-21-6-4-11(15)14-18-12(9-20-14)13(19)17-8-10-3-2-5-16-7-10/h2-3,5,7,9,11H,4,6,8,15H2,1H3,(H,17,19). The summed E-state index contributed by atoms with van der Waals surface area (Å²) in [6.07, 6.45) is 7.50. The van der Waals surface area contributed by atoms with Crippen molar-refractivity contribution in [3.05, 3.63) is 47.9 Å². The molecule has 0 aliphatic carbocycles. The molecule has 7 heteroatoms. The Morgan fingerprint density at radius 3 is 3.14 bits per heavy atom. The van der Waals surface area contributed by atoms with Crippen LogP contribution < -0.4 is 11.1 Å². The van der Waals surface area contributed by atoms with Gasteiger partial charge in [-0.25, -0.2) is 4.98 Å². The van der Waals surface area contributed by atoms with E-state index in [2.05, 4.69) is 15.3 Å². The molecule has 0 saturated carbocycles. The molecule has 0 spiro atoms.